The zero-order chi connectivity index (χ0) is 18.5. The topological polar surface area (TPSA) is 43.8 Å². The van der Waals surface area contributed by atoms with Crippen molar-refractivity contribution < 1.29 is 9.90 Å². The van der Waals surface area contributed by atoms with Crippen molar-refractivity contribution in [2.75, 3.05) is 19.6 Å². The number of ketones is 1. The van der Waals surface area contributed by atoms with Gasteiger partial charge in [0.15, 0.2) is 5.78 Å². The molecular weight excluding hydrogens is 356 g/mol. The van der Waals surface area contributed by atoms with E-state index in [0.717, 1.165) is 23.9 Å². The Morgan fingerprint density at radius 2 is 2.04 bits per heavy atom. The van der Waals surface area contributed by atoms with Gasteiger partial charge in [-0.25, -0.2) is 0 Å². The highest BCUT2D eigenvalue weighted by molar-refractivity contribution is 7.12. The number of fused-ring (bicyclic) bond motifs is 2. The molecule has 6 rings (SSSR count). The zero-order valence-corrected chi connectivity index (χ0v) is 16.5. The van der Waals surface area contributed by atoms with Gasteiger partial charge in [0.25, 0.3) is 0 Å². The predicted octanol–water partition coefficient (Wildman–Crippen LogP) is 3.72. The van der Waals surface area contributed by atoms with Crippen molar-refractivity contribution in [2.45, 2.75) is 44.3 Å². The van der Waals surface area contributed by atoms with Crippen molar-refractivity contribution >= 4 is 17.1 Å². The Bertz CT molecular complexity index is 856. The first-order valence-electron chi connectivity index (χ1n) is 9.95. The largest absolute Gasteiger partial charge is 0.508 e. The third kappa shape index (κ3) is 3.02. The number of likely N-dealkylation sites (tertiary alicyclic amines) is 1. The smallest absolute Gasteiger partial charge is 0.169 e. The summed E-state index contributed by atoms with van der Waals surface area (Å²) in [6, 6.07) is 11.1. The first-order valence-corrected chi connectivity index (χ1v) is 10.8. The van der Waals surface area contributed by atoms with Crippen molar-refractivity contribution in [3.8, 4) is 5.75 Å². The highest BCUT2D eigenvalue weighted by Crippen LogP contribution is 2.47. The number of phenolic OH excluding ortho intramolecular Hbond substituents is 1. The number of rotatable bonds is 4. The zero-order valence-electron chi connectivity index (χ0n) is 15.7. The minimum absolute atomic E-state index is 0.158. The second kappa shape index (κ2) is 6.73. The van der Waals surface area contributed by atoms with Crippen LogP contribution in [-0.4, -0.2) is 52.4 Å². The molecule has 1 aromatic carbocycles. The Morgan fingerprint density at radius 1 is 1.22 bits per heavy atom. The molecule has 1 N–H and O–H groups in total. The fourth-order valence-corrected chi connectivity index (χ4v) is 6.45. The second-order valence-electron chi connectivity index (χ2n) is 8.36. The molecule has 0 amide bonds. The van der Waals surface area contributed by atoms with Crippen molar-refractivity contribution in [1.82, 2.24) is 9.80 Å². The molecule has 27 heavy (non-hydrogen) atoms. The number of phenols is 1. The number of hydrogen-bond acceptors (Lipinski definition) is 5. The third-order valence-corrected chi connectivity index (χ3v) is 7.86. The van der Waals surface area contributed by atoms with Gasteiger partial charge >= 0.3 is 0 Å². The summed E-state index contributed by atoms with van der Waals surface area (Å²) < 4.78 is 0. The summed E-state index contributed by atoms with van der Waals surface area (Å²) in [5.41, 5.74) is 2.52. The van der Waals surface area contributed by atoms with Gasteiger partial charge in [-0.15, -0.1) is 11.3 Å². The van der Waals surface area contributed by atoms with Crippen LogP contribution in [0.5, 0.6) is 5.75 Å². The normalized spacial score (nSPS) is 32.6. The Labute approximate surface area is 164 Å². The standard InChI is InChI=1S/C22H26N2O2S/c1-14(25)20-9-15(13-27-20)11-24-12-19(17-3-2-4-18(26)10-17)22-21(24)16-5-7-23(22)8-6-16/h2-4,9-10,13,16,19,21-22,26H,5-8,11-12H2,1H3/t19-,21+,22+/m1/s1. The molecule has 0 radical (unpaired) electrons. The number of Topliss-reactive ketones (excluding diaryl/α,β-unsaturated/α-hetero) is 1. The Kier molecular flexibility index (Phi) is 4.34. The van der Waals surface area contributed by atoms with Crippen LogP contribution in [0.3, 0.4) is 0 Å². The summed E-state index contributed by atoms with van der Waals surface area (Å²) in [4.78, 5) is 17.9. The van der Waals surface area contributed by atoms with E-state index in [2.05, 4.69) is 27.3 Å². The molecule has 5 heterocycles. The number of benzene rings is 1. The van der Waals surface area contributed by atoms with E-state index in [1.54, 1.807) is 24.3 Å². The molecule has 3 atom stereocenters. The number of thiophene rings is 1. The lowest BCUT2D eigenvalue weighted by atomic mass is 9.75. The minimum atomic E-state index is 0.158. The molecular formula is C22H26N2O2S. The van der Waals surface area contributed by atoms with E-state index in [1.165, 1.54) is 37.1 Å². The molecule has 0 spiro atoms. The van der Waals surface area contributed by atoms with Gasteiger partial charge in [0.2, 0.25) is 0 Å². The van der Waals surface area contributed by atoms with E-state index in [4.69, 9.17) is 0 Å². The molecule has 142 valence electrons. The van der Waals surface area contributed by atoms with E-state index in [-0.39, 0.29) is 5.78 Å². The van der Waals surface area contributed by atoms with Gasteiger partial charge in [0.1, 0.15) is 5.75 Å². The van der Waals surface area contributed by atoms with Gasteiger partial charge < -0.3 is 5.11 Å². The van der Waals surface area contributed by atoms with Crippen LogP contribution in [0.4, 0.5) is 0 Å². The maximum Gasteiger partial charge on any atom is 0.169 e. The highest BCUT2D eigenvalue weighted by Gasteiger charge is 2.53. The van der Waals surface area contributed by atoms with E-state index >= 15 is 0 Å². The average Bonchev–Trinajstić information content (AvgIpc) is 3.30. The van der Waals surface area contributed by atoms with Crippen LogP contribution in [0, 0.1) is 5.92 Å². The number of aromatic hydroxyl groups is 1. The molecule has 4 aliphatic rings. The molecule has 2 aromatic rings. The van der Waals surface area contributed by atoms with Crippen LogP contribution in [0.15, 0.2) is 35.7 Å². The molecule has 4 nitrogen and oxygen atoms in total. The van der Waals surface area contributed by atoms with E-state index in [9.17, 15) is 9.90 Å². The van der Waals surface area contributed by atoms with Crippen LogP contribution in [0.1, 0.15) is 46.5 Å². The summed E-state index contributed by atoms with van der Waals surface area (Å²) in [5.74, 6) is 1.73. The molecule has 4 fully saturated rings. The van der Waals surface area contributed by atoms with E-state index in [0.29, 0.717) is 23.8 Å². The summed E-state index contributed by atoms with van der Waals surface area (Å²) >= 11 is 1.57. The fourth-order valence-electron chi connectivity index (χ4n) is 5.65. The first kappa shape index (κ1) is 17.4. The fraction of sp³-hybridized carbons (Fsp3) is 0.500. The second-order valence-corrected chi connectivity index (χ2v) is 9.27. The molecule has 0 unspecified atom stereocenters. The minimum Gasteiger partial charge on any atom is -0.508 e. The predicted molar refractivity (Wildman–Crippen MR) is 107 cm³/mol. The molecule has 1 aromatic heterocycles. The van der Waals surface area contributed by atoms with Gasteiger partial charge in [0, 0.05) is 31.1 Å². The Hall–Kier alpha value is -1.69. The summed E-state index contributed by atoms with van der Waals surface area (Å²) in [7, 11) is 0. The highest BCUT2D eigenvalue weighted by atomic mass is 32.1. The average molecular weight is 383 g/mol. The summed E-state index contributed by atoms with van der Waals surface area (Å²) in [6.07, 6.45) is 2.60. The van der Waals surface area contributed by atoms with Crippen molar-refractivity contribution in [3.63, 3.8) is 0 Å². The van der Waals surface area contributed by atoms with Crippen LogP contribution >= 0.6 is 11.3 Å². The lowest BCUT2D eigenvalue weighted by Gasteiger charge is -2.51. The van der Waals surface area contributed by atoms with Crippen molar-refractivity contribution in [3.05, 3.63) is 51.7 Å². The molecule has 4 aliphatic heterocycles. The Balaban J connectivity index is 1.45. The van der Waals surface area contributed by atoms with Gasteiger partial charge in [-0.05, 0) is 73.5 Å². The van der Waals surface area contributed by atoms with Crippen LogP contribution < -0.4 is 0 Å². The molecule has 0 aliphatic carbocycles. The maximum absolute atomic E-state index is 11.7. The molecule has 4 saturated heterocycles. The van der Waals surface area contributed by atoms with Gasteiger partial charge in [0.05, 0.1) is 4.88 Å². The SMILES string of the molecule is CC(=O)c1cc(CN2C[C@H](c3cccc(O)c3)[C@H]3[C@@H]2C2CCN3CC2)cs1. The summed E-state index contributed by atoms with van der Waals surface area (Å²) in [5, 5.41) is 12.1. The number of carbonyl (C=O) groups excluding carboxylic acids is 1. The number of nitrogens with zero attached hydrogens (tertiary/aromatic N) is 2. The van der Waals surface area contributed by atoms with Gasteiger partial charge in [-0.3, -0.25) is 14.6 Å². The molecule has 2 bridgehead atoms. The number of carbonyl (C=O) groups is 1. The third-order valence-electron chi connectivity index (χ3n) is 6.78. The number of hydrogen-bond donors (Lipinski definition) is 1. The number of piperidine rings is 3. The van der Waals surface area contributed by atoms with Crippen molar-refractivity contribution in [2.24, 2.45) is 5.92 Å². The van der Waals surface area contributed by atoms with Crippen LogP contribution in [0.25, 0.3) is 0 Å². The van der Waals surface area contributed by atoms with Crippen LogP contribution in [0.2, 0.25) is 0 Å². The quantitative estimate of drug-likeness (QED) is 0.819. The summed E-state index contributed by atoms with van der Waals surface area (Å²) in [6.45, 7) is 6.01. The molecule has 0 saturated carbocycles. The van der Waals surface area contributed by atoms with Crippen molar-refractivity contribution in [1.29, 1.82) is 0 Å². The van der Waals surface area contributed by atoms with Crippen LogP contribution in [-0.2, 0) is 6.54 Å². The monoisotopic (exact) mass is 382 g/mol. The Morgan fingerprint density at radius 3 is 2.74 bits per heavy atom. The lowest BCUT2D eigenvalue weighted by molar-refractivity contribution is -0.00867. The van der Waals surface area contributed by atoms with Gasteiger partial charge in [-0.1, -0.05) is 12.1 Å². The van der Waals surface area contributed by atoms with E-state index in [1.807, 2.05) is 12.1 Å². The maximum atomic E-state index is 11.7. The first-order chi connectivity index (χ1) is 13.1. The lowest BCUT2D eigenvalue weighted by Crippen LogP contribution is -2.59. The van der Waals surface area contributed by atoms with E-state index < -0.39 is 0 Å². The van der Waals surface area contributed by atoms with Gasteiger partial charge in [-0.2, -0.15) is 0 Å². The molecule has 5 heteroatoms.